The summed E-state index contributed by atoms with van der Waals surface area (Å²) < 4.78 is 40.5. The summed E-state index contributed by atoms with van der Waals surface area (Å²) >= 11 is 0. The molecule has 16 heterocycles. The summed E-state index contributed by atoms with van der Waals surface area (Å²) in [5, 5.41) is 0. The summed E-state index contributed by atoms with van der Waals surface area (Å²) in [5.41, 5.74) is 42.8. The molecule has 0 saturated carbocycles. The van der Waals surface area contributed by atoms with Crippen LogP contribution in [-0.2, 0) is 0 Å². The number of nitrogens with one attached hydrogen (secondary N) is 6. The quantitative estimate of drug-likeness (QED) is 0.0524. The van der Waals surface area contributed by atoms with Crippen LogP contribution in [0.2, 0.25) is 0 Å². The number of aromatic amines is 6. The Balaban J connectivity index is 0.532. The predicted molar refractivity (Wildman–Crippen MR) is 610 cm³/mol. The van der Waals surface area contributed by atoms with Gasteiger partial charge < -0.3 is 38.8 Å². The fourth-order valence-corrected chi connectivity index (χ4v) is 21.3. The molecule has 5 aliphatic heterocycles. The molecule has 6 N–H and O–H groups in total. The zero-order valence-corrected chi connectivity index (χ0v) is 79.9. The minimum absolute atomic E-state index is 0.287. The number of hydrogen-bond donors (Lipinski definition) is 6. The van der Waals surface area contributed by atoms with Crippen molar-refractivity contribution in [2.45, 2.75) is 0 Å². The highest BCUT2D eigenvalue weighted by Gasteiger charge is 2.28. The zero-order chi connectivity index (χ0) is 98.9. The molecule has 0 atom stereocenters. The summed E-state index contributed by atoms with van der Waals surface area (Å²) in [4.78, 5) is 50.4. The van der Waals surface area contributed by atoms with Crippen molar-refractivity contribution in [3.05, 3.63) is 486 Å². The molecule has 0 spiro atoms. The largest absolute Gasteiger partial charge is 0.678 e. The molecule has 13 nitrogen and oxygen atoms in total. The number of aromatic nitrogens is 12. The SMILES string of the molecule is FB(F)n1c2ccc1c1ccc([nH]1)c(-c1ccccc1)c1ccc(o1)c(-c1ccccc1)c1ccc([nH]1)c1nc(c2-c2ccc(C#Cc3ccc(-c4c5nc(c(-c6ccccc6)c6ccc([nH]6)c(-c6ccc(C#Cc7ccc(-c8c9nc(c(-c%10ccccc%10)c%10ccc([nH]%10)c(-c%10ccccc%10)c%10nc(c(-c%11ccccc%11)c%11ccc8[nH]%11)C=C%10)C=C9)cc7)cc6)c6nc(c(-c7ccccc7)c7ccc4[nH]7)C=C6)C=C5)cc3)cc2)C=C1. The number of benzene rings is 11. The van der Waals surface area contributed by atoms with Gasteiger partial charge in [-0.3, -0.25) is 8.63 Å². The van der Waals surface area contributed by atoms with Crippen LogP contribution in [-0.4, -0.2) is 66.7 Å². The molecule has 27 rings (SSSR count). The summed E-state index contributed by atoms with van der Waals surface area (Å²) in [6.07, 6.45) is 20.8. The monoisotopic (exact) mass is 1910 g/mol. The Kier molecular flexibility index (Phi) is 21.9. The molecule has 149 heavy (non-hydrogen) atoms. The maximum Gasteiger partial charge on any atom is 0.678 e. The molecule has 26 bridgehead atoms. The standard InChI is InChI=1S/C133H83BF2N12O/c135-134(136)148-119-78-79-120(148)131(116-59-56-97(137-116)98-57-60-117(138-98)132(91-32-18-6-19-33-91)121-80-81-122(149-121)133(92-34-20-7-21-35-92)118-61-58-99(119)139-118)96-54-46-85(47-55-96)39-38-84-44-52-95(53-45-84)130-114-76-70-108(146-114)126(89-28-14-4-15-29-89)106-68-74-112(144-106)129(113-75-69-107(145-113)127(90-30-16-5-17-31-90)109-71-77-115(130)147-109)94-50-42-83(43-51-94)37-36-82-40-48-93(49-41-82)128-110-72-66-104(142-110)124(87-24-10-2-11-25-87)102-64-62-100(140-102)123(86-22-8-1-9-23-86)101-63-65-103(141-101)125(88-26-12-3-13-27-88)105-67-73-111(128)143-105/h1-35,40-81,138-140,143-144,147H. The van der Waals surface area contributed by atoms with E-state index < -0.39 is 7.40 Å². The molecule has 11 aromatic heterocycles. The number of nitrogens with zero attached hydrogens (tertiary/aromatic N) is 6. The highest BCUT2D eigenvalue weighted by molar-refractivity contribution is 6.44. The molecule has 698 valence electrons. The molecule has 0 radical (unpaired) electrons. The van der Waals surface area contributed by atoms with Crippen molar-refractivity contribution in [1.29, 1.82) is 0 Å². The van der Waals surface area contributed by atoms with Crippen LogP contribution in [0.4, 0.5) is 8.63 Å². The van der Waals surface area contributed by atoms with Crippen LogP contribution in [0.3, 0.4) is 0 Å². The number of H-pyrrole nitrogens is 6. The van der Waals surface area contributed by atoms with Gasteiger partial charge in [-0.2, -0.15) is 0 Å². The van der Waals surface area contributed by atoms with Gasteiger partial charge in [0.1, 0.15) is 11.2 Å². The van der Waals surface area contributed by atoms with E-state index in [0.29, 0.717) is 50.2 Å². The number of fused-ring (bicyclic) bond motifs is 28. The molecule has 16 heteroatoms. The molecule has 0 saturated heterocycles. The van der Waals surface area contributed by atoms with E-state index in [2.05, 4.69) is 345 Å². The molecule has 22 aromatic rings. The number of rotatable bonds is 12. The van der Waals surface area contributed by atoms with Gasteiger partial charge in [0, 0.05) is 133 Å². The highest BCUT2D eigenvalue weighted by Crippen LogP contribution is 2.46. The lowest BCUT2D eigenvalue weighted by molar-refractivity contribution is 0.639. The number of halogens is 2. The van der Waals surface area contributed by atoms with Crippen LogP contribution in [0.1, 0.15) is 79.2 Å². The second kappa shape index (κ2) is 37.2. The predicted octanol–water partition coefficient (Wildman–Crippen LogP) is 33.3. The topological polar surface area (TPSA) is 177 Å². The van der Waals surface area contributed by atoms with Crippen LogP contribution in [0, 0.1) is 23.7 Å². The van der Waals surface area contributed by atoms with Gasteiger partial charge in [0.25, 0.3) is 0 Å². The lowest BCUT2D eigenvalue weighted by Crippen LogP contribution is -2.13. The van der Waals surface area contributed by atoms with E-state index in [9.17, 15) is 0 Å². The Morgan fingerprint density at radius 1 is 0.174 bits per heavy atom. The minimum atomic E-state index is -2.94. The van der Waals surface area contributed by atoms with Crippen molar-refractivity contribution in [1.82, 2.24) is 59.3 Å². The first kappa shape index (κ1) is 87.7. The van der Waals surface area contributed by atoms with Gasteiger partial charge in [0.2, 0.25) is 0 Å². The van der Waals surface area contributed by atoms with Crippen LogP contribution < -0.4 is 0 Å². The van der Waals surface area contributed by atoms with Gasteiger partial charge in [0.05, 0.1) is 84.5 Å². The molecular weight excluding hydrogens is 1830 g/mol. The first-order valence-electron chi connectivity index (χ1n) is 49.5. The second-order valence-electron chi connectivity index (χ2n) is 37.2. The molecule has 5 aliphatic rings. The van der Waals surface area contributed by atoms with E-state index in [4.69, 9.17) is 29.3 Å². The van der Waals surface area contributed by atoms with Crippen molar-refractivity contribution in [3.8, 4) is 146 Å². The Labute approximate surface area is 854 Å². The van der Waals surface area contributed by atoms with Gasteiger partial charge in [-0.05, 0) is 268 Å². The van der Waals surface area contributed by atoms with Crippen molar-refractivity contribution < 1.29 is 13.0 Å². The lowest BCUT2D eigenvalue weighted by atomic mass is 10.0. The Bertz CT molecular complexity index is 9990. The Morgan fingerprint density at radius 2 is 0.362 bits per heavy atom. The Morgan fingerprint density at radius 3 is 0.624 bits per heavy atom. The highest BCUT2D eigenvalue weighted by atomic mass is 19.2. The third kappa shape index (κ3) is 16.4. The van der Waals surface area contributed by atoms with Crippen molar-refractivity contribution in [2.24, 2.45) is 0 Å². The molecule has 0 aliphatic carbocycles. The second-order valence-corrected chi connectivity index (χ2v) is 37.2. The van der Waals surface area contributed by atoms with Crippen molar-refractivity contribution >= 4 is 157 Å². The van der Waals surface area contributed by atoms with Gasteiger partial charge in [-0.25, -0.2) is 24.9 Å². The van der Waals surface area contributed by atoms with Crippen LogP contribution in [0.5, 0.6) is 0 Å². The van der Waals surface area contributed by atoms with Crippen LogP contribution in [0.15, 0.2) is 411 Å². The molecule has 0 unspecified atom stereocenters. The van der Waals surface area contributed by atoms with E-state index in [1.165, 1.54) is 0 Å². The lowest BCUT2D eigenvalue weighted by Gasteiger charge is -2.09. The van der Waals surface area contributed by atoms with E-state index >= 15 is 8.63 Å². The summed E-state index contributed by atoms with van der Waals surface area (Å²) in [5.74, 6) is 14.0. The van der Waals surface area contributed by atoms with E-state index in [1.54, 1.807) is 12.1 Å². The first-order chi connectivity index (χ1) is 73.6. The summed E-state index contributed by atoms with van der Waals surface area (Å²) in [7, 11) is -2.94. The van der Waals surface area contributed by atoms with E-state index in [-0.39, 0.29) is 5.52 Å². The normalized spacial score (nSPS) is 12.0. The fraction of sp³-hybridized carbons (Fsp3) is 0. The van der Waals surface area contributed by atoms with Gasteiger partial charge in [0.15, 0.2) is 0 Å². The fourth-order valence-electron chi connectivity index (χ4n) is 21.3. The first-order valence-corrected chi connectivity index (χ1v) is 49.5. The maximum absolute atomic E-state index is 16.3. The van der Waals surface area contributed by atoms with Crippen LogP contribution in [0.25, 0.3) is 272 Å². The van der Waals surface area contributed by atoms with E-state index in [0.717, 1.165) is 239 Å². The molecule has 0 fully saturated rings. The smallest absolute Gasteiger partial charge is 0.456 e. The summed E-state index contributed by atoms with van der Waals surface area (Å²) in [6, 6.07) is 138. The molecule has 0 amide bonds. The van der Waals surface area contributed by atoms with Gasteiger partial charge >= 0.3 is 7.40 Å². The third-order valence-electron chi connectivity index (χ3n) is 28.2. The van der Waals surface area contributed by atoms with Crippen LogP contribution >= 0.6 is 0 Å². The number of hydrogen-bond acceptors (Lipinski definition) is 6. The van der Waals surface area contributed by atoms with Crippen molar-refractivity contribution in [3.63, 3.8) is 0 Å². The van der Waals surface area contributed by atoms with Gasteiger partial charge in [-0.15, -0.1) is 0 Å². The van der Waals surface area contributed by atoms with Crippen molar-refractivity contribution in [2.75, 3.05) is 0 Å². The third-order valence-corrected chi connectivity index (χ3v) is 28.2. The number of furan rings is 1. The minimum Gasteiger partial charge on any atom is -0.456 e. The van der Waals surface area contributed by atoms with E-state index in [1.807, 2.05) is 164 Å². The molecule has 11 aromatic carbocycles. The molecular formula is C133H83BF2N12O. The average Bonchev–Trinajstić information content (AvgIpc) is 1.65. The Hall–Kier alpha value is -20.3. The maximum atomic E-state index is 16.3. The summed E-state index contributed by atoms with van der Waals surface area (Å²) in [6.45, 7) is 0. The van der Waals surface area contributed by atoms with Gasteiger partial charge in [-0.1, -0.05) is 285 Å². The zero-order valence-electron chi connectivity index (χ0n) is 79.9. The average molecular weight is 1910 g/mol.